The molecule has 7 heteroatoms. The van der Waals surface area contributed by atoms with E-state index in [0.717, 1.165) is 6.42 Å². The summed E-state index contributed by atoms with van der Waals surface area (Å²) in [5.41, 5.74) is 8.82. The number of methoxy groups -OCH3 is 1. The van der Waals surface area contributed by atoms with Crippen molar-refractivity contribution in [1.82, 2.24) is 0 Å². The molecule has 28 heavy (non-hydrogen) atoms. The smallest absolute Gasteiger partial charge is 0.305 e. The minimum Gasteiger partial charge on any atom is -0.469 e. The van der Waals surface area contributed by atoms with E-state index in [1.807, 2.05) is 18.2 Å². The molecule has 0 unspecified atom stereocenters. The monoisotopic (exact) mass is 389 g/mol. The standard InChI is InChI=1S/C21H31N3O4/c1-3-4-7-10-16(25)13-14-18-17(19(23-24-22)15-20(18)26)11-8-5-6-9-12-21(27)28-2/h5,8,13-14,16-20,25-26H,6-7,9-12,15H2,1-2H3/t16-,17+,18+,19-,20+/m0/s1. The molecular formula is C21H31N3O4. The van der Waals surface area contributed by atoms with Gasteiger partial charge in [-0.05, 0) is 50.5 Å². The molecule has 1 aliphatic carbocycles. The topological polar surface area (TPSA) is 116 Å². The van der Waals surface area contributed by atoms with E-state index in [2.05, 4.69) is 26.6 Å². The molecule has 7 nitrogen and oxygen atoms in total. The molecule has 1 saturated carbocycles. The summed E-state index contributed by atoms with van der Waals surface area (Å²) in [7, 11) is 1.38. The third-order valence-corrected chi connectivity index (χ3v) is 4.97. The molecular weight excluding hydrogens is 358 g/mol. The summed E-state index contributed by atoms with van der Waals surface area (Å²) in [4.78, 5) is 14.0. The van der Waals surface area contributed by atoms with Crippen LogP contribution in [0, 0.1) is 23.7 Å². The van der Waals surface area contributed by atoms with Gasteiger partial charge in [0.2, 0.25) is 0 Å². The van der Waals surface area contributed by atoms with Gasteiger partial charge in [-0.3, -0.25) is 4.79 Å². The Morgan fingerprint density at radius 1 is 1.46 bits per heavy atom. The van der Waals surface area contributed by atoms with Crippen molar-refractivity contribution in [3.63, 3.8) is 0 Å². The number of hydrogen-bond acceptors (Lipinski definition) is 5. The van der Waals surface area contributed by atoms with Crippen LogP contribution in [0.15, 0.2) is 29.4 Å². The van der Waals surface area contributed by atoms with Gasteiger partial charge in [0.15, 0.2) is 0 Å². The van der Waals surface area contributed by atoms with Gasteiger partial charge in [-0.2, -0.15) is 0 Å². The quantitative estimate of drug-likeness (QED) is 0.107. The molecule has 0 heterocycles. The number of carbonyl (C=O) groups excluding carboxylic acids is 1. The van der Waals surface area contributed by atoms with Gasteiger partial charge in [0.05, 0.1) is 19.3 Å². The fourth-order valence-corrected chi connectivity index (χ4v) is 3.44. The maximum Gasteiger partial charge on any atom is 0.305 e. The van der Waals surface area contributed by atoms with E-state index in [4.69, 9.17) is 5.53 Å². The van der Waals surface area contributed by atoms with Crippen LogP contribution in [0.1, 0.15) is 51.9 Å². The maximum atomic E-state index is 11.1. The zero-order valence-electron chi connectivity index (χ0n) is 16.7. The lowest BCUT2D eigenvalue weighted by molar-refractivity contribution is -0.140. The van der Waals surface area contributed by atoms with Gasteiger partial charge < -0.3 is 14.9 Å². The van der Waals surface area contributed by atoms with Crippen LogP contribution in [0.25, 0.3) is 10.4 Å². The molecule has 1 rings (SSSR count). The summed E-state index contributed by atoms with van der Waals surface area (Å²) >= 11 is 0. The number of nitrogens with zero attached hydrogens (tertiary/aromatic N) is 3. The number of rotatable bonds is 11. The highest BCUT2D eigenvalue weighted by molar-refractivity contribution is 5.69. The van der Waals surface area contributed by atoms with E-state index in [1.165, 1.54) is 7.11 Å². The van der Waals surface area contributed by atoms with Crippen molar-refractivity contribution in [3.05, 3.63) is 34.7 Å². The summed E-state index contributed by atoms with van der Waals surface area (Å²) < 4.78 is 4.61. The SMILES string of the molecule is CC#CCC[C@H](O)C=C[C@@H]1[C@@H](CC=CCCCC(=O)OC)[C@@H](N=[N+]=[N-])C[C@H]1O. The minimum absolute atomic E-state index is 0.0263. The Balaban J connectivity index is 2.65. The maximum absolute atomic E-state index is 11.1. The Morgan fingerprint density at radius 3 is 2.93 bits per heavy atom. The summed E-state index contributed by atoms with van der Waals surface area (Å²) in [6.45, 7) is 1.76. The van der Waals surface area contributed by atoms with Gasteiger partial charge >= 0.3 is 5.97 Å². The van der Waals surface area contributed by atoms with E-state index >= 15 is 0 Å². The fraction of sp³-hybridized carbons (Fsp3) is 0.667. The predicted molar refractivity (Wildman–Crippen MR) is 108 cm³/mol. The molecule has 0 aromatic heterocycles. The Morgan fingerprint density at radius 2 is 2.25 bits per heavy atom. The molecule has 1 aliphatic rings. The number of aliphatic hydroxyl groups is 2. The van der Waals surface area contributed by atoms with E-state index in [9.17, 15) is 15.0 Å². The first-order valence-electron chi connectivity index (χ1n) is 9.73. The normalized spacial score (nSPS) is 25.3. The van der Waals surface area contributed by atoms with Gasteiger partial charge in [0.25, 0.3) is 0 Å². The largest absolute Gasteiger partial charge is 0.469 e. The Hall–Kier alpha value is -2.26. The molecule has 0 bridgehead atoms. The van der Waals surface area contributed by atoms with Crippen LogP contribution in [-0.4, -0.2) is 41.5 Å². The van der Waals surface area contributed by atoms with E-state index in [1.54, 1.807) is 13.0 Å². The van der Waals surface area contributed by atoms with Crippen LogP contribution in [0.5, 0.6) is 0 Å². The van der Waals surface area contributed by atoms with Gasteiger partial charge in [0, 0.05) is 29.7 Å². The molecule has 2 N–H and O–H groups in total. The summed E-state index contributed by atoms with van der Waals surface area (Å²) in [6.07, 6.45) is 10.4. The van der Waals surface area contributed by atoms with Crippen LogP contribution in [-0.2, 0) is 9.53 Å². The van der Waals surface area contributed by atoms with Crippen molar-refractivity contribution < 1.29 is 19.7 Å². The molecule has 0 aromatic carbocycles. The zero-order valence-corrected chi connectivity index (χ0v) is 16.7. The number of hydrogen-bond donors (Lipinski definition) is 2. The second-order valence-corrected chi connectivity index (χ2v) is 6.91. The summed E-state index contributed by atoms with van der Waals surface area (Å²) in [5, 5.41) is 24.3. The average Bonchev–Trinajstić information content (AvgIpc) is 2.97. The highest BCUT2D eigenvalue weighted by atomic mass is 16.5. The van der Waals surface area contributed by atoms with E-state index < -0.39 is 12.2 Å². The lowest BCUT2D eigenvalue weighted by Gasteiger charge is -2.20. The van der Waals surface area contributed by atoms with Crippen molar-refractivity contribution >= 4 is 5.97 Å². The highest BCUT2D eigenvalue weighted by Crippen LogP contribution is 2.38. The molecule has 0 spiro atoms. The molecule has 0 saturated heterocycles. The number of unbranched alkanes of at least 4 members (excludes halogenated alkanes) is 1. The van der Waals surface area contributed by atoms with Crippen LogP contribution < -0.4 is 0 Å². The van der Waals surface area contributed by atoms with Crippen LogP contribution in [0.2, 0.25) is 0 Å². The first-order valence-corrected chi connectivity index (χ1v) is 9.73. The Labute approximate surface area is 167 Å². The van der Waals surface area contributed by atoms with Gasteiger partial charge in [-0.25, -0.2) is 0 Å². The summed E-state index contributed by atoms with van der Waals surface area (Å²) in [5.74, 6) is 5.29. The Bertz CT molecular complexity index is 644. The molecule has 0 aromatic rings. The number of allylic oxidation sites excluding steroid dienone is 2. The zero-order chi connectivity index (χ0) is 20.8. The summed E-state index contributed by atoms with van der Waals surface area (Å²) in [6, 6.07) is -0.280. The molecule has 0 amide bonds. The van der Waals surface area contributed by atoms with Gasteiger partial charge in [0.1, 0.15) is 0 Å². The molecule has 5 atom stereocenters. The lowest BCUT2D eigenvalue weighted by atomic mass is 9.89. The Kier molecular flexibility index (Phi) is 11.8. The number of aliphatic hydroxyl groups excluding tert-OH is 2. The first kappa shape index (κ1) is 23.8. The second-order valence-electron chi connectivity index (χ2n) is 6.91. The second kappa shape index (κ2) is 13.8. The van der Waals surface area contributed by atoms with Crippen LogP contribution in [0.4, 0.5) is 0 Å². The minimum atomic E-state index is -0.610. The highest BCUT2D eigenvalue weighted by Gasteiger charge is 2.39. The first-order chi connectivity index (χ1) is 13.5. The van der Waals surface area contributed by atoms with Crippen molar-refractivity contribution in [1.29, 1.82) is 0 Å². The fourth-order valence-electron chi connectivity index (χ4n) is 3.44. The number of esters is 1. The number of ether oxygens (including phenoxy) is 1. The predicted octanol–water partition coefficient (Wildman–Crippen LogP) is 3.67. The van der Waals surface area contributed by atoms with E-state index in [-0.39, 0.29) is 23.8 Å². The van der Waals surface area contributed by atoms with Crippen molar-refractivity contribution in [2.75, 3.05) is 7.11 Å². The lowest BCUT2D eigenvalue weighted by Crippen LogP contribution is -2.19. The molecule has 0 radical (unpaired) electrons. The third-order valence-electron chi connectivity index (χ3n) is 4.97. The average molecular weight is 389 g/mol. The van der Waals surface area contributed by atoms with Gasteiger partial charge in [-0.15, -0.1) is 11.8 Å². The third kappa shape index (κ3) is 8.62. The molecule has 1 fully saturated rings. The number of azide groups is 1. The van der Waals surface area contributed by atoms with Crippen LogP contribution in [0.3, 0.4) is 0 Å². The van der Waals surface area contributed by atoms with Crippen LogP contribution >= 0.6 is 0 Å². The van der Waals surface area contributed by atoms with Crippen molar-refractivity contribution in [2.24, 2.45) is 17.0 Å². The van der Waals surface area contributed by atoms with Crippen molar-refractivity contribution in [3.8, 4) is 11.8 Å². The van der Waals surface area contributed by atoms with Crippen molar-refractivity contribution in [2.45, 2.75) is 70.1 Å². The number of carbonyl (C=O) groups is 1. The van der Waals surface area contributed by atoms with E-state index in [0.29, 0.717) is 38.5 Å². The van der Waals surface area contributed by atoms with Gasteiger partial charge in [-0.1, -0.05) is 29.4 Å². The molecule has 0 aliphatic heterocycles. The molecule has 154 valence electrons.